The van der Waals surface area contributed by atoms with Crippen molar-refractivity contribution in [2.75, 3.05) is 26.4 Å². The van der Waals surface area contributed by atoms with Gasteiger partial charge in [0.2, 0.25) is 0 Å². The normalized spacial score (nSPS) is 11.7. The minimum absolute atomic E-state index is 0.211. The first-order valence-electron chi connectivity index (χ1n) is 13.2. The zero-order valence-electron chi connectivity index (χ0n) is 23.0. The van der Waals surface area contributed by atoms with Crippen LogP contribution in [0.2, 0.25) is 0 Å². The van der Waals surface area contributed by atoms with E-state index in [4.69, 9.17) is 18.9 Å². The summed E-state index contributed by atoms with van der Waals surface area (Å²) < 4.78 is 22.7. The smallest absolute Gasteiger partial charge is 0.316 e. The predicted octanol–water partition coefficient (Wildman–Crippen LogP) is 7.86. The Labute approximate surface area is 218 Å². The van der Waals surface area contributed by atoms with Gasteiger partial charge in [0.25, 0.3) is 0 Å². The molecule has 0 amide bonds. The number of para-hydroxylation sites is 2. The molecule has 0 radical (unpaired) electrons. The second-order valence-electron chi connectivity index (χ2n) is 9.19. The van der Waals surface area contributed by atoms with Crippen LogP contribution in [-0.4, -0.2) is 32.4 Å². The molecule has 0 aromatic heterocycles. The van der Waals surface area contributed by atoms with Crippen LogP contribution in [0, 0.1) is 11.3 Å². The molecule has 0 fully saturated rings. The molecule has 0 saturated heterocycles. The van der Waals surface area contributed by atoms with Crippen LogP contribution in [0.4, 0.5) is 0 Å². The van der Waals surface area contributed by atoms with Gasteiger partial charge in [-0.05, 0) is 70.2 Å². The number of carbonyl (C=O) groups excluding carboxylic acids is 1. The molecular formula is C31H46O5. The summed E-state index contributed by atoms with van der Waals surface area (Å²) in [5.74, 6) is 2.26. The molecule has 0 saturated carbocycles. The number of hydrogen-bond donors (Lipinski definition) is 0. The van der Waals surface area contributed by atoms with Crippen molar-refractivity contribution >= 4 is 5.97 Å². The van der Waals surface area contributed by atoms with Gasteiger partial charge in [-0.25, -0.2) is 0 Å². The van der Waals surface area contributed by atoms with Crippen LogP contribution >= 0.6 is 0 Å². The van der Waals surface area contributed by atoms with E-state index >= 15 is 0 Å². The van der Waals surface area contributed by atoms with Crippen molar-refractivity contribution in [3.05, 3.63) is 73.0 Å². The summed E-state index contributed by atoms with van der Waals surface area (Å²) in [6.45, 7) is 16.7. The van der Waals surface area contributed by atoms with Crippen LogP contribution < -0.4 is 9.47 Å². The zero-order chi connectivity index (χ0) is 26.7. The Morgan fingerprint density at radius 2 is 1.25 bits per heavy atom. The third-order valence-corrected chi connectivity index (χ3v) is 5.64. The monoisotopic (exact) mass is 498 g/mol. The highest BCUT2D eigenvalue weighted by atomic mass is 16.5. The number of ether oxygens (including phenoxy) is 4. The number of benzene rings is 2. The lowest BCUT2D eigenvalue weighted by Gasteiger charge is -2.22. The van der Waals surface area contributed by atoms with E-state index in [2.05, 4.69) is 13.5 Å². The van der Waals surface area contributed by atoms with E-state index in [1.165, 1.54) is 0 Å². The van der Waals surface area contributed by atoms with Crippen molar-refractivity contribution in [3.8, 4) is 11.5 Å². The minimum Gasteiger partial charge on any atom is -0.462 e. The summed E-state index contributed by atoms with van der Waals surface area (Å²) in [5.41, 5.74) is -0.545. The molecule has 5 nitrogen and oxygen atoms in total. The fraction of sp³-hybridized carbons (Fsp3) is 0.516. The maximum absolute atomic E-state index is 12.4. The van der Waals surface area contributed by atoms with Gasteiger partial charge in [0.05, 0.1) is 11.2 Å². The molecule has 2 rings (SSSR count). The molecule has 0 aliphatic rings. The third-order valence-electron chi connectivity index (χ3n) is 5.64. The van der Waals surface area contributed by atoms with Crippen molar-refractivity contribution in [1.29, 1.82) is 0 Å². The molecule has 2 aromatic carbocycles. The van der Waals surface area contributed by atoms with E-state index in [0.717, 1.165) is 43.8 Å². The van der Waals surface area contributed by atoms with Crippen molar-refractivity contribution in [1.82, 2.24) is 0 Å². The number of esters is 1. The highest BCUT2D eigenvalue weighted by Crippen LogP contribution is 2.25. The van der Waals surface area contributed by atoms with E-state index < -0.39 is 5.41 Å². The van der Waals surface area contributed by atoms with E-state index in [0.29, 0.717) is 32.0 Å². The molecule has 0 aliphatic heterocycles. The topological polar surface area (TPSA) is 54.0 Å². The van der Waals surface area contributed by atoms with Gasteiger partial charge in [0.15, 0.2) is 0 Å². The first-order chi connectivity index (χ1) is 17.4. The molecule has 5 heteroatoms. The fourth-order valence-corrected chi connectivity index (χ4v) is 3.31. The molecule has 200 valence electrons. The Kier molecular flexibility index (Phi) is 16.2. The van der Waals surface area contributed by atoms with E-state index in [1.807, 2.05) is 76.2 Å². The molecule has 2 aromatic rings. The van der Waals surface area contributed by atoms with Crippen LogP contribution in [0.1, 0.15) is 66.7 Å². The van der Waals surface area contributed by atoms with Crippen LogP contribution in [-0.2, 0) is 14.3 Å². The molecular weight excluding hydrogens is 452 g/mol. The van der Waals surface area contributed by atoms with Gasteiger partial charge >= 0.3 is 5.97 Å². The van der Waals surface area contributed by atoms with E-state index in [-0.39, 0.29) is 11.9 Å². The Balaban J connectivity index is 0.00000316. The summed E-state index contributed by atoms with van der Waals surface area (Å²) in [7, 11) is 0. The minimum atomic E-state index is -0.545. The SMILES string of the molecule is C=C(Oc1ccccc1)C(C)CCCOCCCOCCCC(C)(C)C(=O)Oc1ccccc1.CC. The Morgan fingerprint density at radius 1 is 0.778 bits per heavy atom. The van der Waals surface area contributed by atoms with Crippen molar-refractivity contribution in [2.24, 2.45) is 11.3 Å². The second kappa shape index (κ2) is 18.6. The first kappa shape index (κ1) is 31.4. The van der Waals surface area contributed by atoms with E-state index in [1.54, 1.807) is 12.1 Å². The van der Waals surface area contributed by atoms with Crippen molar-refractivity contribution in [3.63, 3.8) is 0 Å². The zero-order valence-corrected chi connectivity index (χ0v) is 23.0. The standard InChI is InChI=1S/C29H40O5.C2H6/c1-24(25(2)33-26-15-7-5-8-16-26)14-11-20-31-22-13-23-32-21-12-19-29(3,4)28(30)34-27-17-9-6-10-18-27;1-2/h5-10,15-18,24H,2,11-14,19-23H2,1,3-4H3;1-2H3. The van der Waals surface area contributed by atoms with Gasteiger partial charge in [0, 0.05) is 32.3 Å². The van der Waals surface area contributed by atoms with Crippen LogP contribution in [0.3, 0.4) is 0 Å². The van der Waals surface area contributed by atoms with Gasteiger partial charge in [-0.15, -0.1) is 0 Å². The highest BCUT2D eigenvalue weighted by Gasteiger charge is 2.29. The molecule has 36 heavy (non-hydrogen) atoms. The van der Waals surface area contributed by atoms with Gasteiger partial charge in [-0.3, -0.25) is 4.79 Å². The summed E-state index contributed by atoms with van der Waals surface area (Å²) in [5, 5.41) is 0. The Morgan fingerprint density at radius 3 is 1.81 bits per heavy atom. The maximum Gasteiger partial charge on any atom is 0.316 e. The van der Waals surface area contributed by atoms with Crippen LogP contribution in [0.5, 0.6) is 11.5 Å². The van der Waals surface area contributed by atoms with E-state index in [9.17, 15) is 4.79 Å². The number of hydrogen-bond acceptors (Lipinski definition) is 5. The molecule has 0 aliphatic carbocycles. The predicted molar refractivity (Wildman–Crippen MR) is 147 cm³/mol. The second-order valence-corrected chi connectivity index (χ2v) is 9.19. The lowest BCUT2D eigenvalue weighted by molar-refractivity contribution is -0.144. The van der Waals surface area contributed by atoms with Crippen LogP contribution in [0.15, 0.2) is 73.0 Å². The molecule has 0 spiro atoms. The van der Waals surface area contributed by atoms with Crippen molar-refractivity contribution in [2.45, 2.75) is 66.7 Å². The Hall–Kier alpha value is -2.63. The molecule has 0 heterocycles. The largest absolute Gasteiger partial charge is 0.462 e. The average Bonchev–Trinajstić information content (AvgIpc) is 2.89. The van der Waals surface area contributed by atoms with Gasteiger partial charge in [-0.2, -0.15) is 0 Å². The third kappa shape index (κ3) is 13.5. The van der Waals surface area contributed by atoms with Crippen LogP contribution in [0.25, 0.3) is 0 Å². The molecule has 1 unspecified atom stereocenters. The van der Waals surface area contributed by atoms with Gasteiger partial charge in [0.1, 0.15) is 11.5 Å². The number of rotatable bonds is 17. The average molecular weight is 499 g/mol. The molecule has 1 atom stereocenters. The summed E-state index contributed by atoms with van der Waals surface area (Å²) in [6.07, 6.45) is 4.33. The highest BCUT2D eigenvalue weighted by molar-refractivity contribution is 5.78. The van der Waals surface area contributed by atoms with Gasteiger partial charge in [-0.1, -0.05) is 63.7 Å². The fourth-order valence-electron chi connectivity index (χ4n) is 3.31. The maximum atomic E-state index is 12.4. The summed E-state index contributed by atoms with van der Waals surface area (Å²) in [6, 6.07) is 18.9. The molecule has 0 bridgehead atoms. The Bertz CT molecular complexity index is 833. The first-order valence-corrected chi connectivity index (χ1v) is 13.2. The lowest BCUT2D eigenvalue weighted by Crippen LogP contribution is -2.29. The van der Waals surface area contributed by atoms with Crippen molar-refractivity contribution < 1.29 is 23.7 Å². The lowest BCUT2D eigenvalue weighted by atomic mass is 9.88. The summed E-state index contributed by atoms with van der Waals surface area (Å²) >= 11 is 0. The quantitative estimate of drug-likeness (QED) is 0.0961. The number of carbonyl (C=O) groups is 1. The van der Waals surface area contributed by atoms with Gasteiger partial charge < -0.3 is 18.9 Å². The summed E-state index contributed by atoms with van der Waals surface area (Å²) in [4.78, 5) is 12.4. The number of allylic oxidation sites excluding steroid dienone is 1. The molecule has 0 N–H and O–H groups in total.